The summed E-state index contributed by atoms with van der Waals surface area (Å²) in [7, 11) is 0. The van der Waals surface area contributed by atoms with E-state index < -0.39 is 0 Å². The van der Waals surface area contributed by atoms with E-state index in [2.05, 4.69) is 22.2 Å². The first-order valence-corrected chi connectivity index (χ1v) is 8.76. The van der Waals surface area contributed by atoms with Crippen molar-refractivity contribution in [2.24, 2.45) is 0 Å². The number of aromatic amines is 1. The van der Waals surface area contributed by atoms with E-state index in [9.17, 15) is 9.90 Å². The van der Waals surface area contributed by atoms with Crippen LogP contribution >= 0.6 is 0 Å². The Labute approximate surface area is 151 Å². The average Bonchev–Trinajstić information content (AvgIpc) is 2.63. The van der Waals surface area contributed by atoms with Gasteiger partial charge in [0, 0.05) is 28.7 Å². The van der Waals surface area contributed by atoms with Crippen molar-refractivity contribution in [3.8, 4) is 11.5 Å². The van der Waals surface area contributed by atoms with Gasteiger partial charge in [0.05, 0.1) is 6.61 Å². The molecule has 6 heteroatoms. The molecule has 6 nitrogen and oxygen atoms in total. The van der Waals surface area contributed by atoms with Crippen molar-refractivity contribution in [3.63, 3.8) is 0 Å². The lowest BCUT2D eigenvalue weighted by Crippen LogP contribution is -2.16. The number of ether oxygens (including phenoxy) is 1. The highest BCUT2D eigenvalue weighted by Crippen LogP contribution is 2.22. The van der Waals surface area contributed by atoms with Gasteiger partial charge in [-0.25, -0.2) is 4.98 Å². The van der Waals surface area contributed by atoms with Crippen molar-refractivity contribution >= 4 is 16.7 Å². The van der Waals surface area contributed by atoms with Crippen LogP contribution in [0.4, 0.5) is 5.82 Å². The number of rotatable bonds is 7. The average molecular weight is 353 g/mol. The Morgan fingerprint density at radius 3 is 2.88 bits per heavy atom. The van der Waals surface area contributed by atoms with Crippen LogP contribution in [0.1, 0.15) is 31.0 Å². The number of aromatic nitrogens is 2. The quantitative estimate of drug-likeness (QED) is 0.563. The van der Waals surface area contributed by atoms with E-state index in [1.165, 1.54) is 0 Å². The molecule has 0 aliphatic carbocycles. The SMILES string of the molecule is CCCCOc1ccc2[nH]c(=O)c(CNc3nc(C)ccc3O)cc2c1. The second-order valence-electron chi connectivity index (χ2n) is 6.25. The lowest BCUT2D eigenvalue weighted by molar-refractivity contribution is 0.310. The third-order valence-electron chi connectivity index (χ3n) is 4.12. The summed E-state index contributed by atoms with van der Waals surface area (Å²) in [6.07, 6.45) is 2.09. The molecule has 3 aromatic rings. The number of hydrogen-bond acceptors (Lipinski definition) is 5. The van der Waals surface area contributed by atoms with Gasteiger partial charge in [-0.1, -0.05) is 13.3 Å². The van der Waals surface area contributed by atoms with Crippen molar-refractivity contribution < 1.29 is 9.84 Å². The van der Waals surface area contributed by atoms with Crippen molar-refractivity contribution in [1.82, 2.24) is 9.97 Å². The maximum atomic E-state index is 12.3. The number of benzene rings is 1. The fraction of sp³-hybridized carbons (Fsp3) is 0.300. The number of fused-ring (bicyclic) bond motifs is 1. The molecule has 0 unspecified atom stereocenters. The number of unbranched alkanes of at least 4 members (excludes halogenated alkanes) is 1. The van der Waals surface area contributed by atoms with Crippen LogP contribution in [-0.2, 0) is 6.54 Å². The molecular formula is C20H23N3O3. The Bertz CT molecular complexity index is 966. The van der Waals surface area contributed by atoms with Crippen LogP contribution in [0.25, 0.3) is 10.9 Å². The van der Waals surface area contributed by atoms with Gasteiger partial charge in [-0.15, -0.1) is 0 Å². The monoisotopic (exact) mass is 353 g/mol. The molecule has 136 valence electrons. The minimum absolute atomic E-state index is 0.0550. The Morgan fingerprint density at radius 1 is 1.23 bits per heavy atom. The normalized spacial score (nSPS) is 10.8. The molecule has 0 amide bonds. The van der Waals surface area contributed by atoms with Crippen LogP contribution < -0.4 is 15.6 Å². The van der Waals surface area contributed by atoms with E-state index >= 15 is 0 Å². The van der Waals surface area contributed by atoms with Gasteiger partial charge in [-0.2, -0.15) is 0 Å². The minimum atomic E-state index is -0.170. The summed E-state index contributed by atoms with van der Waals surface area (Å²) in [5.41, 5.74) is 1.94. The van der Waals surface area contributed by atoms with Gasteiger partial charge in [0.1, 0.15) is 5.75 Å². The summed E-state index contributed by atoms with van der Waals surface area (Å²) in [4.78, 5) is 19.4. The fourth-order valence-electron chi connectivity index (χ4n) is 2.64. The highest BCUT2D eigenvalue weighted by Gasteiger charge is 2.07. The van der Waals surface area contributed by atoms with Crippen LogP contribution in [-0.4, -0.2) is 21.7 Å². The van der Waals surface area contributed by atoms with E-state index in [0.29, 0.717) is 18.0 Å². The lowest BCUT2D eigenvalue weighted by atomic mass is 10.1. The first kappa shape index (κ1) is 17.8. The zero-order chi connectivity index (χ0) is 18.5. The Hall–Kier alpha value is -3.02. The van der Waals surface area contributed by atoms with E-state index in [1.807, 2.05) is 31.2 Å². The number of anilines is 1. The van der Waals surface area contributed by atoms with Crippen LogP contribution in [0.5, 0.6) is 11.5 Å². The molecule has 0 atom stereocenters. The van der Waals surface area contributed by atoms with E-state index in [1.54, 1.807) is 12.1 Å². The molecule has 0 aliphatic rings. The molecule has 3 rings (SSSR count). The van der Waals surface area contributed by atoms with Gasteiger partial charge in [0.2, 0.25) is 0 Å². The van der Waals surface area contributed by atoms with Crippen LogP contribution in [0.3, 0.4) is 0 Å². The number of aromatic hydroxyl groups is 1. The molecule has 0 saturated carbocycles. The standard InChI is InChI=1S/C20H23N3O3/c1-3-4-9-26-16-6-7-17-14(11-16)10-15(20(25)23-17)12-21-19-18(24)8-5-13(2)22-19/h5-8,10-11,24H,3-4,9,12H2,1-2H3,(H,21,22)(H,23,25). The summed E-state index contributed by atoms with van der Waals surface area (Å²) < 4.78 is 5.73. The van der Waals surface area contributed by atoms with Gasteiger partial charge in [0.15, 0.2) is 11.6 Å². The zero-order valence-electron chi connectivity index (χ0n) is 15.0. The number of H-pyrrole nitrogens is 1. The molecule has 0 fully saturated rings. The summed E-state index contributed by atoms with van der Waals surface area (Å²) >= 11 is 0. The van der Waals surface area contributed by atoms with Crippen LogP contribution in [0.2, 0.25) is 0 Å². The molecule has 0 spiro atoms. The molecule has 0 bridgehead atoms. The second-order valence-corrected chi connectivity index (χ2v) is 6.25. The molecule has 26 heavy (non-hydrogen) atoms. The van der Waals surface area contributed by atoms with E-state index in [4.69, 9.17) is 4.74 Å². The van der Waals surface area contributed by atoms with Crippen molar-refractivity contribution in [2.75, 3.05) is 11.9 Å². The van der Waals surface area contributed by atoms with Gasteiger partial charge in [0.25, 0.3) is 5.56 Å². The number of aryl methyl sites for hydroxylation is 1. The van der Waals surface area contributed by atoms with Crippen molar-refractivity contribution in [1.29, 1.82) is 0 Å². The first-order chi connectivity index (χ1) is 12.6. The van der Waals surface area contributed by atoms with Gasteiger partial charge < -0.3 is 20.1 Å². The van der Waals surface area contributed by atoms with Crippen LogP contribution in [0, 0.1) is 6.92 Å². The summed E-state index contributed by atoms with van der Waals surface area (Å²) in [6.45, 7) is 4.90. The van der Waals surface area contributed by atoms with Crippen molar-refractivity contribution in [3.05, 3.63) is 58.0 Å². The number of pyridine rings is 2. The van der Waals surface area contributed by atoms with E-state index in [0.717, 1.165) is 35.2 Å². The Morgan fingerprint density at radius 2 is 2.08 bits per heavy atom. The second kappa shape index (κ2) is 7.91. The number of nitrogens with zero attached hydrogens (tertiary/aromatic N) is 1. The first-order valence-electron chi connectivity index (χ1n) is 8.76. The Kier molecular flexibility index (Phi) is 5.41. The zero-order valence-corrected chi connectivity index (χ0v) is 15.0. The van der Waals surface area contributed by atoms with Crippen molar-refractivity contribution in [2.45, 2.75) is 33.2 Å². The van der Waals surface area contributed by atoms with Gasteiger partial charge >= 0.3 is 0 Å². The molecule has 2 heterocycles. The number of hydrogen-bond donors (Lipinski definition) is 3. The third-order valence-corrected chi connectivity index (χ3v) is 4.12. The summed E-state index contributed by atoms with van der Waals surface area (Å²) in [6, 6.07) is 10.8. The molecule has 3 N–H and O–H groups in total. The lowest BCUT2D eigenvalue weighted by Gasteiger charge is -2.10. The fourth-order valence-corrected chi connectivity index (χ4v) is 2.64. The molecule has 0 aliphatic heterocycles. The highest BCUT2D eigenvalue weighted by atomic mass is 16.5. The number of nitrogens with one attached hydrogen (secondary N) is 2. The third kappa shape index (κ3) is 4.14. The predicted octanol–water partition coefficient (Wildman–Crippen LogP) is 3.73. The van der Waals surface area contributed by atoms with Gasteiger partial charge in [-0.3, -0.25) is 4.79 Å². The molecular weight excluding hydrogens is 330 g/mol. The topological polar surface area (TPSA) is 87.2 Å². The molecule has 1 aromatic carbocycles. The maximum Gasteiger partial charge on any atom is 0.253 e. The van der Waals surface area contributed by atoms with E-state index in [-0.39, 0.29) is 17.9 Å². The van der Waals surface area contributed by atoms with Crippen LogP contribution in [0.15, 0.2) is 41.2 Å². The molecule has 0 radical (unpaired) electrons. The highest BCUT2D eigenvalue weighted by molar-refractivity contribution is 5.80. The maximum absolute atomic E-state index is 12.3. The largest absolute Gasteiger partial charge is 0.504 e. The van der Waals surface area contributed by atoms with Gasteiger partial charge in [-0.05, 0) is 49.7 Å². The summed E-state index contributed by atoms with van der Waals surface area (Å²) in [5, 5.41) is 13.8. The molecule has 0 saturated heterocycles. The summed E-state index contributed by atoms with van der Waals surface area (Å²) in [5.74, 6) is 1.20. The smallest absolute Gasteiger partial charge is 0.253 e. The Balaban J connectivity index is 1.82. The minimum Gasteiger partial charge on any atom is -0.504 e. The molecule has 2 aromatic heterocycles. The predicted molar refractivity (Wildman–Crippen MR) is 103 cm³/mol.